The molecule has 0 unspecified atom stereocenters. The molecule has 7 heteroatoms. The average molecular weight is 284 g/mol. The number of halogens is 1. The summed E-state index contributed by atoms with van der Waals surface area (Å²) in [7, 11) is -3.91. The molecule has 1 aromatic rings. The number of sulfonamides is 1. The molecular weight excluding hydrogens is 273 g/mol. The van der Waals surface area contributed by atoms with Crippen molar-refractivity contribution in [1.29, 1.82) is 0 Å². The fourth-order valence-electron chi connectivity index (χ4n) is 2.71. The Morgan fingerprint density at radius 1 is 1.32 bits per heavy atom. The van der Waals surface area contributed by atoms with Gasteiger partial charge in [0.2, 0.25) is 10.0 Å². The lowest BCUT2D eigenvalue weighted by molar-refractivity contribution is -0.310. The molecule has 102 valence electrons. The molecule has 2 aliphatic rings. The Labute approximate surface area is 109 Å². The van der Waals surface area contributed by atoms with Crippen LogP contribution in [0.4, 0.5) is 4.39 Å². The van der Waals surface area contributed by atoms with Crippen molar-refractivity contribution in [1.82, 2.24) is 4.31 Å². The SMILES string of the molecule is O=C([O-])[C@H]1[C@H]2C[C@H]2CN1S(=O)(=O)c1ccc(F)cc1. The topological polar surface area (TPSA) is 77.5 Å². The molecule has 1 saturated carbocycles. The van der Waals surface area contributed by atoms with E-state index < -0.39 is 27.9 Å². The highest BCUT2D eigenvalue weighted by Gasteiger charge is 2.56. The van der Waals surface area contributed by atoms with E-state index in [9.17, 15) is 22.7 Å². The second-order valence-corrected chi connectivity index (χ2v) is 6.84. The average Bonchev–Trinajstić information content (AvgIpc) is 2.99. The van der Waals surface area contributed by atoms with Crippen LogP contribution in [0.2, 0.25) is 0 Å². The first-order valence-corrected chi connectivity index (χ1v) is 7.33. The van der Waals surface area contributed by atoms with Crippen molar-refractivity contribution < 1.29 is 22.7 Å². The predicted molar refractivity (Wildman–Crippen MR) is 60.7 cm³/mol. The van der Waals surface area contributed by atoms with E-state index in [-0.39, 0.29) is 23.3 Å². The summed E-state index contributed by atoms with van der Waals surface area (Å²) >= 11 is 0. The third-order valence-electron chi connectivity index (χ3n) is 3.77. The summed E-state index contributed by atoms with van der Waals surface area (Å²) in [5.41, 5.74) is 0. The van der Waals surface area contributed by atoms with Gasteiger partial charge >= 0.3 is 0 Å². The van der Waals surface area contributed by atoms with Crippen LogP contribution in [-0.2, 0) is 14.8 Å². The monoisotopic (exact) mass is 284 g/mol. The number of hydrogen-bond donors (Lipinski definition) is 0. The van der Waals surface area contributed by atoms with Crippen LogP contribution in [0.1, 0.15) is 6.42 Å². The fourth-order valence-corrected chi connectivity index (χ4v) is 4.39. The highest BCUT2D eigenvalue weighted by Crippen LogP contribution is 2.50. The number of carboxylic acid groups (broad SMARTS) is 1. The molecule has 1 aliphatic carbocycles. The van der Waals surface area contributed by atoms with Gasteiger partial charge in [-0.05, 0) is 42.5 Å². The lowest BCUT2D eigenvalue weighted by Gasteiger charge is -2.27. The molecule has 3 atom stereocenters. The lowest BCUT2D eigenvalue weighted by atomic mass is 10.2. The van der Waals surface area contributed by atoms with Crippen LogP contribution in [0.3, 0.4) is 0 Å². The molecule has 0 amide bonds. The van der Waals surface area contributed by atoms with Crippen molar-refractivity contribution >= 4 is 16.0 Å². The number of carboxylic acids is 1. The summed E-state index contributed by atoms with van der Waals surface area (Å²) in [6.07, 6.45) is 0.730. The van der Waals surface area contributed by atoms with Crippen LogP contribution >= 0.6 is 0 Å². The molecular formula is C12H11FNO4S-. The van der Waals surface area contributed by atoms with Crippen LogP contribution in [0.15, 0.2) is 29.2 Å². The minimum atomic E-state index is -3.91. The highest BCUT2D eigenvalue weighted by atomic mass is 32.2. The Morgan fingerprint density at radius 3 is 2.53 bits per heavy atom. The van der Waals surface area contributed by atoms with Crippen molar-refractivity contribution in [2.75, 3.05) is 6.54 Å². The second kappa shape index (κ2) is 4.01. The van der Waals surface area contributed by atoms with E-state index in [0.29, 0.717) is 0 Å². The maximum absolute atomic E-state index is 12.8. The van der Waals surface area contributed by atoms with Crippen molar-refractivity contribution in [2.24, 2.45) is 11.8 Å². The normalized spacial score (nSPS) is 30.1. The molecule has 0 aromatic heterocycles. The zero-order valence-electron chi connectivity index (χ0n) is 9.82. The van der Waals surface area contributed by atoms with E-state index >= 15 is 0 Å². The first-order valence-electron chi connectivity index (χ1n) is 5.89. The zero-order valence-corrected chi connectivity index (χ0v) is 10.6. The third-order valence-corrected chi connectivity index (χ3v) is 5.63. The van der Waals surface area contributed by atoms with Gasteiger partial charge in [0.15, 0.2) is 0 Å². The summed E-state index contributed by atoms with van der Waals surface area (Å²) in [6.45, 7) is 0.197. The molecule has 1 heterocycles. The van der Waals surface area contributed by atoms with Gasteiger partial charge in [-0.15, -0.1) is 0 Å². The minimum Gasteiger partial charge on any atom is -0.548 e. The number of benzene rings is 1. The van der Waals surface area contributed by atoms with Gasteiger partial charge in [-0.1, -0.05) is 0 Å². The number of carbonyl (C=O) groups excluding carboxylic acids is 1. The van der Waals surface area contributed by atoms with E-state index in [1.54, 1.807) is 0 Å². The zero-order chi connectivity index (χ0) is 13.8. The van der Waals surface area contributed by atoms with Gasteiger partial charge in [-0.25, -0.2) is 12.8 Å². The van der Waals surface area contributed by atoms with Crippen LogP contribution < -0.4 is 5.11 Å². The highest BCUT2D eigenvalue weighted by molar-refractivity contribution is 7.89. The van der Waals surface area contributed by atoms with Crippen LogP contribution in [-0.4, -0.2) is 31.3 Å². The lowest BCUT2D eigenvalue weighted by Crippen LogP contribution is -2.49. The predicted octanol–water partition coefficient (Wildman–Crippen LogP) is -0.415. The van der Waals surface area contributed by atoms with Gasteiger partial charge in [-0.3, -0.25) is 0 Å². The Balaban J connectivity index is 1.96. The summed E-state index contributed by atoms with van der Waals surface area (Å²) in [5, 5.41) is 11.1. The molecule has 2 fully saturated rings. The second-order valence-electron chi connectivity index (χ2n) is 4.95. The van der Waals surface area contributed by atoms with Crippen molar-refractivity contribution in [3.05, 3.63) is 30.1 Å². The molecule has 0 bridgehead atoms. The van der Waals surface area contributed by atoms with Gasteiger partial charge in [0.25, 0.3) is 0 Å². The number of hydrogen-bond acceptors (Lipinski definition) is 4. The van der Waals surface area contributed by atoms with Gasteiger partial charge < -0.3 is 9.90 Å². The smallest absolute Gasteiger partial charge is 0.243 e. The number of fused-ring (bicyclic) bond motifs is 1. The standard InChI is InChI=1S/C12H12FNO4S/c13-8-1-3-9(4-2-8)19(17,18)14-6-7-5-10(7)11(14)12(15)16/h1-4,7,10-11H,5-6H2,(H,15,16)/p-1/t7-,10-,11+/m0/s1. The van der Waals surface area contributed by atoms with Crippen molar-refractivity contribution in [3.8, 4) is 0 Å². The maximum atomic E-state index is 12.8. The quantitative estimate of drug-likeness (QED) is 0.755. The summed E-state index contributed by atoms with van der Waals surface area (Å²) in [5.74, 6) is -1.94. The fraction of sp³-hybridized carbons (Fsp3) is 0.417. The number of rotatable bonds is 3. The molecule has 0 spiro atoms. The van der Waals surface area contributed by atoms with E-state index in [4.69, 9.17) is 0 Å². The Bertz CT molecular complexity index is 628. The number of nitrogens with zero attached hydrogens (tertiary/aromatic N) is 1. The molecule has 1 aromatic carbocycles. The Morgan fingerprint density at radius 2 is 1.95 bits per heavy atom. The summed E-state index contributed by atoms with van der Waals surface area (Å²) in [6, 6.07) is 3.26. The number of carbonyl (C=O) groups is 1. The van der Waals surface area contributed by atoms with Crippen molar-refractivity contribution in [3.63, 3.8) is 0 Å². The molecule has 0 radical (unpaired) electrons. The molecule has 19 heavy (non-hydrogen) atoms. The summed E-state index contributed by atoms with van der Waals surface area (Å²) < 4.78 is 38.5. The third kappa shape index (κ3) is 1.93. The van der Waals surface area contributed by atoms with Gasteiger partial charge in [0.05, 0.1) is 16.9 Å². The minimum absolute atomic E-state index is 0.0959. The molecule has 0 N–H and O–H groups in total. The first kappa shape index (κ1) is 12.6. The van der Waals surface area contributed by atoms with E-state index in [1.807, 2.05) is 0 Å². The Hall–Kier alpha value is -1.47. The first-order chi connectivity index (χ1) is 8.91. The molecule has 1 aliphatic heterocycles. The Kier molecular flexibility index (Phi) is 2.65. The van der Waals surface area contributed by atoms with Gasteiger partial charge in [0.1, 0.15) is 5.82 Å². The maximum Gasteiger partial charge on any atom is 0.243 e. The van der Waals surface area contributed by atoms with Crippen LogP contribution in [0.25, 0.3) is 0 Å². The summed E-state index contributed by atoms with van der Waals surface area (Å²) in [4.78, 5) is 11.0. The van der Waals surface area contributed by atoms with E-state index in [1.165, 1.54) is 0 Å². The number of aliphatic carboxylic acids is 1. The van der Waals surface area contributed by atoms with Crippen molar-refractivity contribution in [2.45, 2.75) is 17.4 Å². The van der Waals surface area contributed by atoms with E-state index in [2.05, 4.69) is 0 Å². The van der Waals surface area contributed by atoms with E-state index in [0.717, 1.165) is 35.0 Å². The molecule has 1 saturated heterocycles. The largest absolute Gasteiger partial charge is 0.548 e. The van der Waals surface area contributed by atoms with Gasteiger partial charge in [0, 0.05) is 6.54 Å². The van der Waals surface area contributed by atoms with Crippen LogP contribution in [0.5, 0.6) is 0 Å². The van der Waals surface area contributed by atoms with Gasteiger partial charge in [-0.2, -0.15) is 4.31 Å². The molecule has 5 nitrogen and oxygen atoms in total. The van der Waals surface area contributed by atoms with Crippen LogP contribution in [0, 0.1) is 17.7 Å². The molecule has 3 rings (SSSR count). The number of piperidine rings is 1.